The largest absolute Gasteiger partial charge is 0.508 e. The average molecular weight is 290 g/mol. The lowest BCUT2D eigenvalue weighted by Gasteiger charge is -2.19. The molecule has 2 aromatic rings. The molecule has 0 spiro atoms. The Bertz CT molecular complexity index is 640. The molecule has 20 heavy (non-hydrogen) atoms. The molecule has 0 bridgehead atoms. The van der Waals surface area contributed by atoms with Crippen molar-refractivity contribution in [1.82, 2.24) is 4.90 Å². The van der Waals surface area contributed by atoms with Gasteiger partial charge in [0.25, 0.3) is 5.91 Å². The second kappa shape index (κ2) is 5.97. The third kappa shape index (κ3) is 3.11. The van der Waals surface area contributed by atoms with Crippen LogP contribution in [0.3, 0.4) is 0 Å². The summed E-state index contributed by atoms with van der Waals surface area (Å²) >= 11 is 5.93. The Morgan fingerprint density at radius 1 is 1.25 bits per heavy atom. The van der Waals surface area contributed by atoms with E-state index < -0.39 is 0 Å². The molecule has 2 rings (SSSR count). The summed E-state index contributed by atoms with van der Waals surface area (Å²) in [5.41, 5.74) is 2.07. The van der Waals surface area contributed by atoms with Gasteiger partial charge in [0.15, 0.2) is 0 Å². The number of hydrogen-bond acceptors (Lipinski definition) is 2. The third-order valence-electron chi connectivity index (χ3n) is 3.19. The quantitative estimate of drug-likeness (QED) is 0.937. The molecule has 4 heteroatoms. The molecule has 2 aromatic carbocycles. The van der Waals surface area contributed by atoms with Crippen molar-refractivity contribution in [3.63, 3.8) is 0 Å². The zero-order valence-electron chi connectivity index (χ0n) is 11.4. The van der Waals surface area contributed by atoms with Gasteiger partial charge in [0, 0.05) is 29.7 Å². The highest BCUT2D eigenvalue weighted by molar-refractivity contribution is 6.30. The van der Waals surface area contributed by atoms with E-state index in [9.17, 15) is 9.90 Å². The number of phenols is 1. The maximum atomic E-state index is 12.4. The van der Waals surface area contributed by atoms with Gasteiger partial charge < -0.3 is 10.0 Å². The molecule has 1 amide bonds. The third-order valence-corrected chi connectivity index (χ3v) is 3.43. The van der Waals surface area contributed by atoms with Crippen LogP contribution in [0, 0.1) is 6.92 Å². The van der Waals surface area contributed by atoms with Gasteiger partial charge in [-0.25, -0.2) is 0 Å². The number of nitrogens with zero attached hydrogens (tertiary/aromatic N) is 1. The van der Waals surface area contributed by atoms with Gasteiger partial charge in [0.1, 0.15) is 5.75 Å². The van der Waals surface area contributed by atoms with Crippen molar-refractivity contribution in [3.8, 4) is 5.75 Å². The molecule has 0 unspecified atom stereocenters. The highest BCUT2D eigenvalue weighted by Crippen LogP contribution is 2.21. The molecular weight excluding hydrogens is 274 g/mol. The van der Waals surface area contributed by atoms with Crippen LogP contribution in [0.1, 0.15) is 21.5 Å². The van der Waals surface area contributed by atoms with Crippen LogP contribution in [0.5, 0.6) is 5.75 Å². The zero-order valence-corrected chi connectivity index (χ0v) is 12.2. The molecule has 3 nitrogen and oxygen atoms in total. The van der Waals surface area contributed by atoms with Gasteiger partial charge in [0.05, 0.1) is 0 Å². The number of carbonyl (C=O) groups excluding carboxylic acids is 1. The monoisotopic (exact) mass is 289 g/mol. The molecule has 0 aliphatic rings. The smallest absolute Gasteiger partial charge is 0.254 e. The van der Waals surface area contributed by atoms with Gasteiger partial charge in [-0.1, -0.05) is 29.8 Å². The molecule has 1 N–H and O–H groups in total. The molecule has 104 valence electrons. The molecule has 0 aromatic heterocycles. The van der Waals surface area contributed by atoms with E-state index in [1.165, 1.54) is 0 Å². The Labute approximate surface area is 123 Å². The van der Waals surface area contributed by atoms with Gasteiger partial charge >= 0.3 is 0 Å². The van der Waals surface area contributed by atoms with Gasteiger partial charge in [0.2, 0.25) is 0 Å². The molecule has 0 heterocycles. The van der Waals surface area contributed by atoms with Crippen molar-refractivity contribution in [2.75, 3.05) is 7.05 Å². The first-order valence-electron chi connectivity index (χ1n) is 6.27. The van der Waals surface area contributed by atoms with Crippen molar-refractivity contribution < 1.29 is 9.90 Å². The first-order chi connectivity index (χ1) is 9.49. The van der Waals surface area contributed by atoms with E-state index in [-0.39, 0.29) is 11.7 Å². The van der Waals surface area contributed by atoms with Crippen LogP contribution in [0.2, 0.25) is 5.02 Å². The summed E-state index contributed by atoms with van der Waals surface area (Å²) in [6.45, 7) is 2.20. The second-order valence-electron chi connectivity index (χ2n) is 4.74. The number of carbonyl (C=O) groups is 1. The minimum atomic E-state index is -0.127. The van der Waals surface area contributed by atoms with E-state index in [4.69, 9.17) is 11.6 Å². The highest BCUT2D eigenvalue weighted by atomic mass is 35.5. The molecule has 0 saturated heterocycles. The maximum absolute atomic E-state index is 12.4. The summed E-state index contributed by atoms with van der Waals surface area (Å²) in [6.07, 6.45) is 0. The Balaban J connectivity index is 2.19. The van der Waals surface area contributed by atoms with E-state index in [0.29, 0.717) is 22.7 Å². The first kappa shape index (κ1) is 14.4. The minimum Gasteiger partial charge on any atom is -0.508 e. The van der Waals surface area contributed by atoms with Crippen LogP contribution in [0.4, 0.5) is 0 Å². The molecule has 0 radical (unpaired) electrons. The van der Waals surface area contributed by atoms with Crippen LogP contribution < -0.4 is 0 Å². The van der Waals surface area contributed by atoms with Gasteiger partial charge in [-0.05, 0) is 36.8 Å². The van der Waals surface area contributed by atoms with Crippen LogP contribution in [-0.2, 0) is 6.54 Å². The van der Waals surface area contributed by atoms with E-state index in [0.717, 1.165) is 5.56 Å². The Morgan fingerprint density at radius 2 is 1.95 bits per heavy atom. The Hall–Kier alpha value is -2.00. The van der Waals surface area contributed by atoms with E-state index >= 15 is 0 Å². The van der Waals surface area contributed by atoms with Crippen molar-refractivity contribution in [2.45, 2.75) is 13.5 Å². The fourth-order valence-corrected chi connectivity index (χ4v) is 2.25. The number of benzene rings is 2. The van der Waals surface area contributed by atoms with Crippen molar-refractivity contribution in [1.29, 1.82) is 0 Å². The number of hydrogen-bond donors (Lipinski definition) is 1. The number of rotatable bonds is 3. The van der Waals surface area contributed by atoms with E-state index in [2.05, 4.69) is 0 Å². The average Bonchev–Trinajstić information content (AvgIpc) is 2.41. The Morgan fingerprint density at radius 3 is 2.65 bits per heavy atom. The number of aromatic hydroxyl groups is 1. The predicted octanol–water partition coefficient (Wildman–Crippen LogP) is 3.63. The fraction of sp³-hybridized carbons (Fsp3) is 0.188. The Kier molecular flexibility index (Phi) is 4.30. The summed E-state index contributed by atoms with van der Waals surface area (Å²) < 4.78 is 0. The minimum absolute atomic E-state index is 0.127. The summed E-state index contributed by atoms with van der Waals surface area (Å²) in [4.78, 5) is 14.0. The molecular formula is C16H16ClNO2. The van der Waals surface area contributed by atoms with Gasteiger partial charge in [-0.15, -0.1) is 0 Å². The van der Waals surface area contributed by atoms with Crippen molar-refractivity contribution >= 4 is 17.5 Å². The summed E-state index contributed by atoms with van der Waals surface area (Å²) in [5.74, 6) is 0.00498. The second-order valence-corrected chi connectivity index (χ2v) is 5.18. The van der Waals surface area contributed by atoms with Gasteiger partial charge in [-0.3, -0.25) is 4.79 Å². The normalized spacial score (nSPS) is 10.3. The first-order valence-corrected chi connectivity index (χ1v) is 6.65. The van der Waals surface area contributed by atoms with Crippen LogP contribution in [-0.4, -0.2) is 23.0 Å². The maximum Gasteiger partial charge on any atom is 0.254 e. The van der Waals surface area contributed by atoms with E-state index in [1.54, 1.807) is 43.1 Å². The predicted molar refractivity (Wildman–Crippen MR) is 80.1 cm³/mol. The van der Waals surface area contributed by atoms with E-state index in [1.807, 2.05) is 18.2 Å². The zero-order chi connectivity index (χ0) is 14.7. The van der Waals surface area contributed by atoms with Gasteiger partial charge in [-0.2, -0.15) is 0 Å². The summed E-state index contributed by atoms with van der Waals surface area (Å²) in [5, 5.41) is 10.3. The highest BCUT2D eigenvalue weighted by Gasteiger charge is 2.15. The molecule has 0 aliphatic heterocycles. The number of halogens is 1. The topological polar surface area (TPSA) is 40.5 Å². The SMILES string of the molecule is Cc1c(O)cccc1C(=O)N(C)Cc1cccc(Cl)c1. The number of phenolic OH excluding ortho intramolecular Hbond substituents is 1. The lowest BCUT2D eigenvalue weighted by Crippen LogP contribution is -2.26. The van der Waals surface area contributed by atoms with Crippen LogP contribution in [0.15, 0.2) is 42.5 Å². The van der Waals surface area contributed by atoms with Crippen LogP contribution >= 0.6 is 11.6 Å². The van der Waals surface area contributed by atoms with Crippen molar-refractivity contribution in [3.05, 3.63) is 64.2 Å². The number of amides is 1. The molecule has 0 saturated carbocycles. The lowest BCUT2D eigenvalue weighted by molar-refractivity contribution is 0.0784. The van der Waals surface area contributed by atoms with Crippen molar-refractivity contribution in [2.24, 2.45) is 0 Å². The summed E-state index contributed by atoms with van der Waals surface area (Å²) in [7, 11) is 1.73. The fourth-order valence-electron chi connectivity index (χ4n) is 2.04. The standard InChI is InChI=1S/C16H16ClNO2/c1-11-14(7-4-8-15(11)19)16(20)18(2)10-12-5-3-6-13(17)9-12/h3-9,19H,10H2,1-2H3. The molecule has 0 atom stereocenters. The lowest BCUT2D eigenvalue weighted by atomic mass is 10.1. The molecule has 0 aliphatic carbocycles. The van der Waals surface area contributed by atoms with Crippen LogP contribution in [0.25, 0.3) is 0 Å². The summed E-state index contributed by atoms with van der Waals surface area (Å²) in [6, 6.07) is 12.4. The molecule has 0 fully saturated rings.